The average Bonchev–Trinajstić information content (AvgIpc) is 3.02. The van der Waals surface area contributed by atoms with Crippen LogP contribution < -0.4 is 10.1 Å². The molecule has 1 aliphatic carbocycles. The van der Waals surface area contributed by atoms with Crippen LogP contribution >= 0.6 is 11.6 Å². The summed E-state index contributed by atoms with van der Waals surface area (Å²) >= 11 is 6.05. The maximum Gasteiger partial charge on any atom is 0.230 e. The van der Waals surface area contributed by atoms with Crippen molar-refractivity contribution in [1.82, 2.24) is 0 Å². The molecule has 0 heterocycles. The summed E-state index contributed by atoms with van der Waals surface area (Å²) in [4.78, 5) is 11.8. The molecule has 92 valence electrons. The Morgan fingerprint density at radius 3 is 2.76 bits per heavy atom. The number of benzene rings is 1. The van der Waals surface area contributed by atoms with E-state index < -0.39 is 0 Å². The molecule has 0 atom stereocenters. The molecule has 0 aromatic heterocycles. The van der Waals surface area contributed by atoms with Crippen LogP contribution in [0.1, 0.15) is 26.7 Å². The van der Waals surface area contributed by atoms with Crippen molar-refractivity contribution in [1.29, 1.82) is 0 Å². The Morgan fingerprint density at radius 2 is 2.24 bits per heavy atom. The van der Waals surface area contributed by atoms with Crippen molar-refractivity contribution in [3.63, 3.8) is 0 Å². The maximum atomic E-state index is 11.8. The number of rotatable bonds is 4. The summed E-state index contributed by atoms with van der Waals surface area (Å²) in [6.45, 7) is 4.45. The number of amides is 1. The number of hydrogen-bond donors (Lipinski definition) is 1. The van der Waals surface area contributed by atoms with Crippen molar-refractivity contribution >= 4 is 23.2 Å². The van der Waals surface area contributed by atoms with Gasteiger partial charge in [0.25, 0.3) is 0 Å². The lowest BCUT2D eigenvalue weighted by atomic mass is 10.1. The molecule has 0 aliphatic heterocycles. The third-order valence-corrected chi connectivity index (χ3v) is 3.33. The smallest absolute Gasteiger partial charge is 0.230 e. The topological polar surface area (TPSA) is 38.3 Å². The highest BCUT2D eigenvalue weighted by molar-refractivity contribution is 6.32. The second kappa shape index (κ2) is 4.57. The Balaban J connectivity index is 2.07. The number of carbonyl (C=O) groups excluding carboxylic acids is 1. The molecule has 0 unspecified atom stereocenters. The van der Waals surface area contributed by atoms with Crippen molar-refractivity contribution in [3.05, 3.63) is 23.2 Å². The lowest BCUT2D eigenvalue weighted by Crippen LogP contribution is -2.21. The molecule has 0 radical (unpaired) electrons. The van der Waals surface area contributed by atoms with Gasteiger partial charge in [0.1, 0.15) is 5.75 Å². The van der Waals surface area contributed by atoms with Gasteiger partial charge in [-0.3, -0.25) is 4.79 Å². The van der Waals surface area contributed by atoms with Gasteiger partial charge < -0.3 is 10.1 Å². The predicted molar refractivity (Wildman–Crippen MR) is 68.6 cm³/mol. The lowest BCUT2D eigenvalue weighted by Gasteiger charge is -2.11. The van der Waals surface area contributed by atoms with Gasteiger partial charge in [-0.1, -0.05) is 18.5 Å². The quantitative estimate of drug-likeness (QED) is 0.892. The van der Waals surface area contributed by atoms with Crippen molar-refractivity contribution < 1.29 is 9.53 Å². The molecule has 1 saturated carbocycles. The summed E-state index contributed by atoms with van der Waals surface area (Å²) < 4.78 is 5.33. The summed E-state index contributed by atoms with van der Waals surface area (Å²) in [6.07, 6.45) is 1.92. The second-order valence-electron chi connectivity index (χ2n) is 4.59. The number of ether oxygens (including phenoxy) is 1. The monoisotopic (exact) mass is 253 g/mol. The molecule has 1 aliphatic rings. The fourth-order valence-electron chi connectivity index (χ4n) is 1.55. The average molecular weight is 254 g/mol. The number of halogens is 1. The minimum Gasteiger partial charge on any atom is -0.492 e. The molecule has 0 bridgehead atoms. The highest BCUT2D eigenvalue weighted by Gasteiger charge is 2.44. The highest BCUT2D eigenvalue weighted by atomic mass is 35.5. The Morgan fingerprint density at radius 1 is 1.53 bits per heavy atom. The minimum atomic E-state index is -0.176. The minimum absolute atomic E-state index is 0.0673. The number of carbonyl (C=O) groups is 1. The van der Waals surface area contributed by atoms with Crippen LogP contribution in [0.5, 0.6) is 5.75 Å². The van der Waals surface area contributed by atoms with E-state index in [4.69, 9.17) is 16.3 Å². The van der Waals surface area contributed by atoms with Gasteiger partial charge in [-0.05, 0) is 38.0 Å². The van der Waals surface area contributed by atoms with Gasteiger partial charge in [-0.25, -0.2) is 0 Å². The molecule has 0 spiro atoms. The van der Waals surface area contributed by atoms with Crippen LogP contribution in [0.2, 0.25) is 5.02 Å². The van der Waals surface area contributed by atoms with Crippen LogP contribution in [0, 0.1) is 5.41 Å². The van der Waals surface area contributed by atoms with E-state index in [-0.39, 0.29) is 11.3 Å². The Bertz CT molecular complexity index is 441. The molecule has 1 amide bonds. The SMILES string of the molecule is CCOc1ccc(NC(=O)C2(C)CC2)cc1Cl. The molecule has 1 N–H and O–H groups in total. The number of anilines is 1. The first kappa shape index (κ1) is 12.2. The fraction of sp³-hybridized carbons (Fsp3) is 0.462. The molecule has 0 saturated heterocycles. The summed E-state index contributed by atoms with van der Waals surface area (Å²) in [5.74, 6) is 0.711. The molecular weight excluding hydrogens is 238 g/mol. The van der Waals surface area contributed by atoms with Gasteiger partial charge in [0.05, 0.1) is 11.6 Å². The van der Waals surface area contributed by atoms with E-state index in [1.807, 2.05) is 13.8 Å². The van der Waals surface area contributed by atoms with E-state index >= 15 is 0 Å². The molecule has 1 aromatic carbocycles. The van der Waals surface area contributed by atoms with Crippen molar-refractivity contribution in [2.45, 2.75) is 26.7 Å². The predicted octanol–water partition coefficient (Wildman–Crippen LogP) is 3.48. The van der Waals surface area contributed by atoms with Crippen LogP contribution in [0.4, 0.5) is 5.69 Å². The van der Waals surface area contributed by atoms with E-state index in [1.54, 1.807) is 18.2 Å². The third-order valence-electron chi connectivity index (χ3n) is 3.04. The van der Waals surface area contributed by atoms with Crippen LogP contribution in [0.25, 0.3) is 0 Å². The molecular formula is C13H16ClNO2. The summed E-state index contributed by atoms with van der Waals surface area (Å²) in [5, 5.41) is 3.39. The van der Waals surface area contributed by atoms with Crippen LogP contribution in [0.15, 0.2) is 18.2 Å². The lowest BCUT2D eigenvalue weighted by molar-refractivity contribution is -0.120. The van der Waals surface area contributed by atoms with Crippen LogP contribution in [-0.4, -0.2) is 12.5 Å². The van der Waals surface area contributed by atoms with Crippen LogP contribution in [0.3, 0.4) is 0 Å². The first-order valence-corrected chi connectivity index (χ1v) is 6.17. The van der Waals surface area contributed by atoms with Crippen molar-refractivity contribution in [2.75, 3.05) is 11.9 Å². The highest BCUT2D eigenvalue weighted by Crippen LogP contribution is 2.45. The fourth-order valence-corrected chi connectivity index (χ4v) is 1.78. The van der Waals surface area contributed by atoms with E-state index in [9.17, 15) is 4.79 Å². The van der Waals surface area contributed by atoms with E-state index in [1.165, 1.54) is 0 Å². The first-order chi connectivity index (χ1) is 8.05. The summed E-state index contributed by atoms with van der Waals surface area (Å²) in [5.41, 5.74) is 0.544. The maximum absolute atomic E-state index is 11.8. The first-order valence-electron chi connectivity index (χ1n) is 5.79. The second-order valence-corrected chi connectivity index (χ2v) is 5.00. The van der Waals surface area contributed by atoms with Gasteiger partial charge >= 0.3 is 0 Å². The summed E-state index contributed by atoms with van der Waals surface area (Å²) in [7, 11) is 0. The molecule has 4 heteroatoms. The van der Waals surface area contributed by atoms with Gasteiger partial charge in [-0.15, -0.1) is 0 Å². The standard InChI is InChI=1S/C13H16ClNO2/c1-3-17-11-5-4-9(8-10(11)14)15-12(16)13(2)6-7-13/h4-5,8H,3,6-7H2,1-2H3,(H,15,16). The third kappa shape index (κ3) is 2.72. The zero-order chi connectivity index (χ0) is 12.5. The van der Waals surface area contributed by atoms with Crippen molar-refractivity contribution in [2.24, 2.45) is 5.41 Å². The van der Waals surface area contributed by atoms with E-state index in [0.29, 0.717) is 17.4 Å². The normalized spacial score (nSPS) is 16.4. The van der Waals surface area contributed by atoms with E-state index in [0.717, 1.165) is 18.5 Å². The largest absolute Gasteiger partial charge is 0.492 e. The molecule has 17 heavy (non-hydrogen) atoms. The van der Waals surface area contributed by atoms with Crippen LogP contribution in [-0.2, 0) is 4.79 Å². The number of hydrogen-bond acceptors (Lipinski definition) is 2. The molecule has 2 rings (SSSR count). The molecule has 3 nitrogen and oxygen atoms in total. The van der Waals surface area contributed by atoms with Gasteiger partial charge in [0.15, 0.2) is 0 Å². The Kier molecular flexibility index (Phi) is 3.29. The molecule has 1 fully saturated rings. The number of nitrogens with one attached hydrogen (secondary N) is 1. The van der Waals surface area contributed by atoms with Gasteiger partial charge in [0, 0.05) is 11.1 Å². The zero-order valence-corrected chi connectivity index (χ0v) is 10.8. The van der Waals surface area contributed by atoms with Crippen molar-refractivity contribution in [3.8, 4) is 5.75 Å². The molecule has 1 aromatic rings. The van der Waals surface area contributed by atoms with Gasteiger partial charge in [-0.2, -0.15) is 0 Å². The zero-order valence-electron chi connectivity index (χ0n) is 10.0. The summed E-state index contributed by atoms with van der Waals surface area (Å²) in [6, 6.07) is 5.30. The Hall–Kier alpha value is -1.22. The van der Waals surface area contributed by atoms with E-state index in [2.05, 4.69) is 5.32 Å². The van der Waals surface area contributed by atoms with Gasteiger partial charge in [0.2, 0.25) is 5.91 Å². The Labute approximate surface area is 106 Å².